The van der Waals surface area contributed by atoms with E-state index in [1.807, 2.05) is 0 Å². The molecule has 1 amide bonds. The van der Waals surface area contributed by atoms with Crippen LogP contribution in [0.2, 0.25) is 5.02 Å². The first-order valence-electron chi connectivity index (χ1n) is 7.31. The van der Waals surface area contributed by atoms with Gasteiger partial charge in [0.1, 0.15) is 6.54 Å². The Labute approximate surface area is 136 Å². The summed E-state index contributed by atoms with van der Waals surface area (Å²) in [7, 11) is -3.56. The highest BCUT2D eigenvalue weighted by Gasteiger charge is 2.26. The summed E-state index contributed by atoms with van der Waals surface area (Å²) in [6, 6.07) is 5.06. The summed E-state index contributed by atoms with van der Waals surface area (Å²) in [5.41, 5.74) is 1.11. The molecule has 1 aliphatic heterocycles. The summed E-state index contributed by atoms with van der Waals surface area (Å²) in [4.78, 5) is 14.1. The Bertz CT molecular complexity index is 655. The van der Waals surface area contributed by atoms with Gasteiger partial charge in [0.05, 0.1) is 11.9 Å². The van der Waals surface area contributed by atoms with E-state index in [-0.39, 0.29) is 12.5 Å². The number of carbonyl (C=O) groups is 1. The maximum absolute atomic E-state index is 12.4. The van der Waals surface area contributed by atoms with E-state index in [0.29, 0.717) is 29.4 Å². The third-order valence-electron chi connectivity index (χ3n) is 3.90. The fraction of sp³-hybridized carbons (Fsp3) is 0.533. The number of anilines is 1. The second kappa shape index (κ2) is 6.87. The van der Waals surface area contributed by atoms with E-state index < -0.39 is 10.0 Å². The number of carbonyl (C=O) groups excluding carboxylic acids is 1. The molecule has 0 radical (unpaired) electrons. The second-order valence-corrected chi connectivity index (χ2v) is 7.91. The van der Waals surface area contributed by atoms with Crippen molar-refractivity contribution in [3.63, 3.8) is 0 Å². The summed E-state index contributed by atoms with van der Waals surface area (Å²) < 4.78 is 25.4. The van der Waals surface area contributed by atoms with Crippen LogP contribution < -0.4 is 4.31 Å². The normalized spacial score (nSPS) is 15.7. The summed E-state index contributed by atoms with van der Waals surface area (Å²) in [5.74, 6) is -0.162. The zero-order chi connectivity index (χ0) is 16.3. The molecule has 22 heavy (non-hydrogen) atoms. The molecule has 2 rings (SSSR count). The van der Waals surface area contributed by atoms with E-state index in [1.165, 1.54) is 0 Å². The molecule has 0 spiro atoms. The molecule has 1 saturated heterocycles. The standard InChI is InChI=1S/C15H21ClN2O3S/c1-12-13(16)7-6-8-14(12)18(22(2,20)21)11-15(19)17-9-4-3-5-10-17/h6-8H,3-5,9-11H2,1-2H3. The van der Waals surface area contributed by atoms with Crippen molar-refractivity contribution < 1.29 is 13.2 Å². The molecule has 0 atom stereocenters. The molecule has 0 bridgehead atoms. The van der Waals surface area contributed by atoms with Gasteiger partial charge < -0.3 is 4.90 Å². The van der Waals surface area contributed by atoms with E-state index in [9.17, 15) is 13.2 Å². The third kappa shape index (κ3) is 3.93. The number of amides is 1. The van der Waals surface area contributed by atoms with Gasteiger partial charge in [-0.25, -0.2) is 8.42 Å². The van der Waals surface area contributed by atoms with Crippen molar-refractivity contribution in [2.75, 3.05) is 30.2 Å². The van der Waals surface area contributed by atoms with E-state index in [2.05, 4.69) is 0 Å². The first-order valence-corrected chi connectivity index (χ1v) is 9.54. The number of benzene rings is 1. The van der Waals surface area contributed by atoms with Crippen LogP contribution in [0.5, 0.6) is 0 Å². The highest BCUT2D eigenvalue weighted by Crippen LogP contribution is 2.28. The van der Waals surface area contributed by atoms with E-state index in [0.717, 1.165) is 29.8 Å². The van der Waals surface area contributed by atoms with Gasteiger partial charge in [0, 0.05) is 18.1 Å². The molecule has 0 aromatic heterocycles. The van der Waals surface area contributed by atoms with Crippen LogP contribution >= 0.6 is 11.6 Å². The number of sulfonamides is 1. The average Bonchev–Trinajstić information content (AvgIpc) is 2.47. The Hall–Kier alpha value is -1.27. The molecular weight excluding hydrogens is 324 g/mol. The lowest BCUT2D eigenvalue weighted by Gasteiger charge is -2.30. The monoisotopic (exact) mass is 344 g/mol. The quantitative estimate of drug-likeness (QED) is 0.842. The van der Waals surface area contributed by atoms with Gasteiger partial charge in [0.2, 0.25) is 15.9 Å². The van der Waals surface area contributed by atoms with Gasteiger partial charge >= 0.3 is 0 Å². The van der Waals surface area contributed by atoms with E-state index in [4.69, 9.17) is 11.6 Å². The highest BCUT2D eigenvalue weighted by atomic mass is 35.5. The molecule has 1 aromatic rings. The Kier molecular flexibility index (Phi) is 5.34. The number of rotatable bonds is 4. The molecule has 1 aromatic carbocycles. The molecule has 0 saturated carbocycles. The summed E-state index contributed by atoms with van der Waals surface area (Å²) in [6.45, 7) is 2.97. The fourth-order valence-electron chi connectivity index (χ4n) is 2.61. The largest absolute Gasteiger partial charge is 0.341 e. The molecule has 5 nitrogen and oxygen atoms in total. The van der Waals surface area contributed by atoms with Crippen molar-refractivity contribution >= 4 is 33.2 Å². The van der Waals surface area contributed by atoms with Crippen molar-refractivity contribution in [2.24, 2.45) is 0 Å². The number of halogens is 1. The van der Waals surface area contributed by atoms with Crippen LogP contribution in [0.1, 0.15) is 24.8 Å². The molecule has 0 N–H and O–H groups in total. The molecule has 7 heteroatoms. The zero-order valence-corrected chi connectivity index (χ0v) is 14.5. The Morgan fingerprint density at radius 2 is 1.91 bits per heavy atom. The summed E-state index contributed by atoms with van der Waals surface area (Å²) >= 11 is 6.08. The van der Waals surface area contributed by atoms with Crippen LogP contribution in [-0.4, -0.2) is 45.1 Å². The lowest BCUT2D eigenvalue weighted by Crippen LogP contribution is -2.44. The minimum Gasteiger partial charge on any atom is -0.341 e. The number of nitrogens with zero attached hydrogens (tertiary/aromatic N) is 2. The number of hydrogen-bond acceptors (Lipinski definition) is 3. The third-order valence-corrected chi connectivity index (χ3v) is 5.43. The zero-order valence-electron chi connectivity index (χ0n) is 12.9. The van der Waals surface area contributed by atoms with Crippen molar-refractivity contribution in [2.45, 2.75) is 26.2 Å². The van der Waals surface area contributed by atoms with Crippen molar-refractivity contribution in [1.29, 1.82) is 0 Å². The number of likely N-dealkylation sites (tertiary alicyclic amines) is 1. The van der Waals surface area contributed by atoms with Crippen LogP contribution in [0.15, 0.2) is 18.2 Å². The smallest absolute Gasteiger partial charge is 0.243 e. The van der Waals surface area contributed by atoms with Crippen LogP contribution in [0.25, 0.3) is 0 Å². The van der Waals surface area contributed by atoms with E-state index in [1.54, 1.807) is 30.0 Å². The van der Waals surface area contributed by atoms with Crippen molar-refractivity contribution in [3.8, 4) is 0 Å². The van der Waals surface area contributed by atoms with Gasteiger partial charge in [-0.15, -0.1) is 0 Å². The van der Waals surface area contributed by atoms with E-state index >= 15 is 0 Å². The second-order valence-electron chi connectivity index (χ2n) is 5.60. The maximum Gasteiger partial charge on any atom is 0.243 e. The maximum atomic E-state index is 12.4. The minimum atomic E-state index is -3.56. The first-order chi connectivity index (χ1) is 10.3. The number of hydrogen-bond donors (Lipinski definition) is 0. The Morgan fingerprint density at radius 1 is 1.27 bits per heavy atom. The van der Waals surface area contributed by atoms with Crippen molar-refractivity contribution in [1.82, 2.24) is 4.90 Å². The topological polar surface area (TPSA) is 57.7 Å². The Balaban J connectivity index is 2.27. The number of piperidine rings is 1. The SMILES string of the molecule is Cc1c(Cl)cccc1N(CC(=O)N1CCCCC1)S(C)(=O)=O. The molecule has 122 valence electrons. The van der Waals surface area contributed by atoms with Gasteiger partial charge in [-0.1, -0.05) is 17.7 Å². The molecule has 0 unspecified atom stereocenters. The molecule has 0 aliphatic carbocycles. The van der Waals surface area contributed by atoms with Gasteiger partial charge in [-0.05, 0) is 43.9 Å². The first kappa shape index (κ1) is 17.1. The lowest BCUT2D eigenvalue weighted by molar-refractivity contribution is -0.130. The van der Waals surface area contributed by atoms with Gasteiger partial charge in [-0.3, -0.25) is 9.10 Å². The molecule has 1 fully saturated rings. The average molecular weight is 345 g/mol. The van der Waals surface area contributed by atoms with Gasteiger partial charge in [-0.2, -0.15) is 0 Å². The highest BCUT2D eigenvalue weighted by molar-refractivity contribution is 7.92. The van der Waals surface area contributed by atoms with Crippen LogP contribution in [0.3, 0.4) is 0 Å². The fourth-order valence-corrected chi connectivity index (χ4v) is 3.68. The predicted molar refractivity (Wildman–Crippen MR) is 88.8 cm³/mol. The van der Waals surface area contributed by atoms with Crippen LogP contribution in [0.4, 0.5) is 5.69 Å². The molecular formula is C15H21ClN2O3S. The Morgan fingerprint density at radius 3 is 2.50 bits per heavy atom. The summed E-state index contributed by atoms with van der Waals surface area (Å²) in [6.07, 6.45) is 4.17. The van der Waals surface area contributed by atoms with Crippen LogP contribution in [0, 0.1) is 6.92 Å². The summed E-state index contributed by atoms with van der Waals surface area (Å²) in [5, 5.41) is 0.483. The predicted octanol–water partition coefficient (Wildman–Crippen LogP) is 2.43. The van der Waals surface area contributed by atoms with Crippen molar-refractivity contribution in [3.05, 3.63) is 28.8 Å². The van der Waals surface area contributed by atoms with Gasteiger partial charge in [0.15, 0.2) is 0 Å². The molecule has 1 heterocycles. The lowest BCUT2D eigenvalue weighted by atomic mass is 10.1. The minimum absolute atomic E-state index is 0.162. The van der Waals surface area contributed by atoms with Crippen LogP contribution in [-0.2, 0) is 14.8 Å². The van der Waals surface area contributed by atoms with Gasteiger partial charge in [0.25, 0.3) is 0 Å². The molecule has 1 aliphatic rings.